The number of carbonyl (C=O) groups excluding carboxylic acids is 1. The van der Waals surface area contributed by atoms with Gasteiger partial charge < -0.3 is 11.1 Å². The summed E-state index contributed by atoms with van der Waals surface area (Å²) in [5, 5.41) is 11.7. The van der Waals surface area contributed by atoms with E-state index in [9.17, 15) is 9.59 Å². The fourth-order valence-electron chi connectivity index (χ4n) is 3.19. The second-order valence-corrected chi connectivity index (χ2v) is 8.23. The Kier molecular flexibility index (Phi) is 7.26. The summed E-state index contributed by atoms with van der Waals surface area (Å²) in [6.07, 6.45) is 10.1. The fraction of sp³-hybridized carbons (Fsp3) is 0.389. The molecular formula is C18H22N6O2S2. The molecule has 8 nitrogen and oxygen atoms in total. The molecule has 3 aromatic rings. The van der Waals surface area contributed by atoms with E-state index < -0.39 is 6.04 Å². The maximum absolute atomic E-state index is 12.6. The molecule has 0 radical (unpaired) electrons. The second kappa shape index (κ2) is 10.1. The van der Waals surface area contributed by atoms with Crippen LogP contribution in [0.1, 0.15) is 38.1 Å². The first kappa shape index (κ1) is 20.2. The van der Waals surface area contributed by atoms with Crippen LogP contribution in [-0.4, -0.2) is 25.7 Å². The van der Waals surface area contributed by atoms with Gasteiger partial charge in [-0.1, -0.05) is 25.7 Å². The molecule has 1 aliphatic carbocycles. The molecule has 1 amide bonds. The first-order valence-corrected chi connectivity index (χ1v) is 10.8. The molecule has 1 unspecified atom stereocenters. The Morgan fingerprint density at radius 2 is 1.96 bits per heavy atom. The molecule has 0 saturated heterocycles. The molecule has 0 bridgehead atoms. The van der Waals surface area contributed by atoms with Crippen LogP contribution in [0.5, 0.6) is 0 Å². The van der Waals surface area contributed by atoms with Crippen LogP contribution in [0, 0.1) is 5.92 Å². The summed E-state index contributed by atoms with van der Waals surface area (Å²) in [5.41, 5.74) is 4.93. The number of hydrogen-bond donors (Lipinski definition) is 2. The Morgan fingerprint density at radius 1 is 1.21 bits per heavy atom. The van der Waals surface area contributed by atoms with Crippen molar-refractivity contribution in [1.29, 1.82) is 0 Å². The maximum atomic E-state index is 12.6. The normalized spacial score (nSPS) is 14.9. The number of rotatable bonds is 5. The zero-order valence-corrected chi connectivity index (χ0v) is 16.9. The molecule has 1 fully saturated rings. The van der Waals surface area contributed by atoms with Gasteiger partial charge in [0.15, 0.2) is 10.3 Å². The van der Waals surface area contributed by atoms with Crippen LogP contribution in [0.25, 0.3) is 0 Å². The van der Waals surface area contributed by atoms with Crippen molar-refractivity contribution in [2.24, 2.45) is 5.92 Å². The summed E-state index contributed by atoms with van der Waals surface area (Å²) < 4.78 is 1.29. The summed E-state index contributed by atoms with van der Waals surface area (Å²) in [6.45, 7) is 0. The summed E-state index contributed by atoms with van der Waals surface area (Å²) in [4.78, 5) is 32.4. The lowest BCUT2D eigenvalue weighted by Crippen LogP contribution is -2.35. The Labute approximate surface area is 170 Å². The van der Waals surface area contributed by atoms with Crippen molar-refractivity contribution in [3.8, 4) is 0 Å². The lowest BCUT2D eigenvalue weighted by molar-refractivity contribution is -0.120. The molecule has 0 aliphatic heterocycles. The van der Waals surface area contributed by atoms with Crippen molar-refractivity contribution in [2.75, 3.05) is 11.1 Å². The molecule has 3 heterocycles. The zero-order chi connectivity index (χ0) is 19.8. The Morgan fingerprint density at radius 3 is 2.54 bits per heavy atom. The van der Waals surface area contributed by atoms with Gasteiger partial charge in [0.25, 0.3) is 11.5 Å². The molecule has 3 N–H and O–H groups in total. The first-order chi connectivity index (χ1) is 13.6. The monoisotopic (exact) mass is 418 g/mol. The van der Waals surface area contributed by atoms with E-state index in [1.807, 2.05) is 5.38 Å². The van der Waals surface area contributed by atoms with Gasteiger partial charge in [-0.15, -0.1) is 22.7 Å². The minimum absolute atomic E-state index is 0.220. The third-order valence-corrected chi connectivity index (χ3v) is 5.78. The van der Waals surface area contributed by atoms with Gasteiger partial charge in [0.2, 0.25) is 0 Å². The first-order valence-electron chi connectivity index (χ1n) is 9.02. The molecule has 148 valence electrons. The highest BCUT2D eigenvalue weighted by atomic mass is 32.1. The van der Waals surface area contributed by atoms with Crippen molar-refractivity contribution < 1.29 is 4.79 Å². The van der Waals surface area contributed by atoms with Crippen LogP contribution in [0.3, 0.4) is 0 Å². The predicted octanol–water partition coefficient (Wildman–Crippen LogP) is 3.19. The van der Waals surface area contributed by atoms with Crippen molar-refractivity contribution in [3.05, 3.63) is 51.8 Å². The highest BCUT2D eigenvalue weighted by Crippen LogP contribution is 2.32. The van der Waals surface area contributed by atoms with Crippen molar-refractivity contribution in [3.63, 3.8) is 0 Å². The number of thiazole rings is 2. The highest BCUT2D eigenvalue weighted by molar-refractivity contribution is 7.13. The number of amides is 1. The number of nitrogen functional groups attached to an aromatic ring is 1. The molecule has 1 saturated carbocycles. The summed E-state index contributed by atoms with van der Waals surface area (Å²) in [5.74, 6) is 0.253. The average Bonchev–Trinajstić information content (AvgIpc) is 3.45. The predicted molar refractivity (Wildman–Crippen MR) is 111 cm³/mol. The number of aromatic nitrogens is 4. The van der Waals surface area contributed by atoms with E-state index in [4.69, 9.17) is 5.73 Å². The van der Waals surface area contributed by atoms with Gasteiger partial charge in [-0.3, -0.25) is 9.59 Å². The fourth-order valence-corrected chi connectivity index (χ4v) is 4.11. The van der Waals surface area contributed by atoms with E-state index in [0.717, 1.165) is 12.8 Å². The summed E-state index contributed by atoms with van der Waals surface area (Å²) >= 11 is 2.80. The van der Waals surface area contributed by atoms with E-state index in [1.165, 1.54) is 46.3 Å². The van der Waals surface area contributed by atoms with Crippen LogP contribution in [0.15, 0.2) is 46.3 Å². The molecular weight excluding hydrogens is 396 g/mol. The minimum Gasteiger partial charge on any atom is -0.375 e. The molecule has 28 heavy (non-hydrogen) atoms. The maximum Gasteiger partial charge on any atom is 0.267 e. The molecule has 1 atom stereocenters. The number of hydrogen-bond acceptors (Lipinski definition) is 8. The van der Waals surface area contributed by atoms with Crippen LogP contribution in [-0.2, 0) is 4.79 Å². The van der Waals surface area contributed by atoms with Crippen molar-refractivity contribution >= 4 is 38.8 Å². The van der Waals surface area contributed by atoms with Gasteiger partial charge in [0.05, 0.1) is 0 Å². The lowest BCUT2D eigenvalue weighted by atomic mass is 9.98. The molecule has 10 heteroatoms. The second-order valence-electron chi connectivity index (χ2n) is 6.41. The third-order valence-electron chi connectivity index (χ3n) is 4.48. The van der Waals surface area contributed by atoms with Gasteiger partial charge in [-0.05, 0) is 18.4 Å². The number of nitrogens with two attached hydrogens (primary N) is 1. The summed E-state index contributed by atoms with van der Waals surface area (Å²) in [6, 6.07) is 2.44. The highest BCUT2D eigenvalue weighted by Gasteiger charge is 2.28. The summed E-state index contributed by atoms with van der Waals surface area (Å²) in [7, 11) is 0. The van der Waals surface area contributed by atoms with Crippen LogP contribution in [0.4, 0.5) is 10.3 Å². The van der Waals surface area contributed by atoms with Crippen molar-refractivity contribution in [1.82, 2.24) is 19.7 Å². The van der Waals surface area contributed by atoms with E-state index >= 15 is 0 Å². The van der Waals surface area contributed by atoms with Crippen LogP contribution in [0.2, 0.25) is 0 Å². The van der Waals surface area contributed by atoms with E-state index in [-0.39, 0.29) is 11.5 Å². The lowest BCUT2D eigenvalue weighted by Gasteiger charge is -2.20. The number of nitrogens with one attached hydrogen (secondary N) is 1. The number of carbonyl (C=O) groups is 1. The molecule has 4 rings (SSSR count). The Hall–Kier alpha value is -2.59. The molecule has 3 aromatic heterocycles. The third kappa shape index (κ3) is 5.70. The average molecular weight is 419 g/mol. The zero-order valence-electron chi connectivity index (χ0n) is 15.2. The quantitative estimate of drug-likeness (QED) is 0.657. The van der Waals surface area contributed by atoms with Gasteiger partial charge in [-0.2, -0.15) is 5.10 Å². The van der Waals surface area contributed by atoms with Crippen molar-refractivity contribution in [2.45, 2.75) is 38.1 Å². The molecule has 1 aliphatic rings. The van der Waals surface area contributed by atoms with Gasteiger partial charge >= 0.3 is 0 Å². The molecule has 0 spiro atoms. The van der Waals surface area contributed by atoms with E-state index in [1.54, 1.807) is 30.0 Å². The van der Waals surface area contributed by atoms with E-state index in [2.05, 4.69) is 20.4 Å². The Bertz CT molecular complexity index is 904. The largest absolute Gasteiger partial charge is 0.375 e. The topological polar surface area (TPSA) is 116 Å². The smallest absolute Gasteiger partial charge is 0.267 e. The van der Waals surface area contributed by atoms with Crippen LogP contribution < -0.4 is 16.6 Å². The minimum atomic E-state index is -0.583. The van der Waals surface area contributed by atoms with Gasteiger partial charge in [-0.25, -0.2) is 14.6 Å². The van der Waals surface area contributed by atoms with Crippen LogP contribution >= 0.6 is 22.7 Å². The molecule has 0 aromatic carbocycles. The van der Waals surface area contributed by atoms with Gasteiger partial charge in [0, 0.05) is 35.4 Å². The van der Waals surface area contributed by atoms with Gasteiger partial charge in [0.1, 0.15) is 6.04 Å². The van der Waals surface area contributed by atoms with E-state index in [0.29, 0.717) is 22.6 Å². The Balaban J connectivity index is 0.000000320. The standard InChI is InChI=1S/C15H18N4O2S.C3H4N2S/c20-13-6-3-7-17-19(13)12(10-11-4-1-2-5-11)14(21)18-15-16-8-9-22-15;4-3-5-1-2-6-3/h3,6-9,11-12H,1-2,4-5,10H2,(H,16,18,21);1-2H,(H2,4,5). The number of anilines is 2. The number of nitrogens with zero attached hydrogens (tertiary/aromatic N) is 4. The SMILES string of the molecule is Nc1nccs1.O=C(Nc1nccs1)C(CC1CCCC1)n1ncccc1=O.